The number of carbonyl (C=O) groups is 1. The van der Waals surface area contributed by atoms with Crippen molar-refractivity contribution in [3.05, 3.63) is 12.2 Å². The van der Waals surface area contributed by atoms with Gasteiger partial charge in [0.25, 0.3) is 0 Å². The second-order valence-corrected chi connectivity index (χ2v) is 6.00. The first-order chi connectivity index (χ1) is 11.9. The van der Waals surface area contributed by atoms with Crippen molar-refractivity contribution in [2.24, 2.45) is 17.6 Å². The smallest absolute Gasteiger partial charge is 0.149 e. The Balaban J connectivity index is -0.000000329. The zero-order valence-electron chi connectivity index (χ0n) is 19.3. The maximum Gasteiger partial charge on any atom is 0.149 e. The number of nitrogens with two attached hydrogens (primary N) is 1. The summed E-state index contributed by atoms with van der Waals surface area (Å²) in [6.45, 7) is 21.2. The molecule has 0 aromatic heterocycles. The molecule has 0 aromatic rings. The van der Waals surface area contributed by atoms with Crippen LogP contribution >= 0.6 is 0 Å². The molecule has 0 saturated heterocycles. The molecule has 3 heteroatoms. The highest BCUT2D eigenvalue weighted by Gasteiger charge is 2.30. The van der Waals surface area contributed by atoms with Crippen LogP contribution in [-0.2, 0) is 4.79 Å². The van der Waals surface area contributed by atoms with Crippen LogP contribution in [0.2, 0.25) is 0 Å². The monoisotopic (exact) mass is 358 g/mol. The zero-order chi connectivity index (χ0) is 20.9. The topological polar surface area (TPSA) is 55.1 Å². The van der Waals surface area contributed by atoms with Crippen LogP contribution < -0.4 is 11.1 Å². The van der Waals surface area contributed by atoms with Gasteiger partial charge in [0.1, 0.15) is 5.78 Å². The number of unbranched alkanes of at least 4 members (excludes halogenated alkanes) is 1. The van der Waals surface area contributed by atoms with Crippen LogP contribution in [0.1, 0.15) is 94.9 Å². The summed E-state index contributed by atoms with van der Waals surface area (Å²) in [6.07, 6.45) is 9.17. The van der Waals surface area contributed by atoms with Crippen molar-refractivity contribution in [1.29, 1.82) is 0 Å². The molecular formula is C22H50N2O. The molecule has 0 aliphatic rings. The second-order valence-electron chi connectivity index (χ2n) is 6.00. The molecule has 0 spiro atoms. The molecule has 0 amide bonds. The number of hydrogen-bond donors (Lipinski definition) is 2. The maximum absolute atomic E-state index is 11.8. The minimum absolute atomic E-state index is 0.0662. The predicted molar refractivity (Wildman–Crippen MR) is 117 cm³/mol. The Bertz CT molecular complexity index is 288. The highest BCUT2D eigenvalue weighted by Crippen LogP contribution is 2.27. The quantitative estimate of drug-likeness (QED) is 0.472. The lowest BCUT2D eigenvalue weighted by molar-refractivity contribution is -0.121. The molecule has 3 N–H and O–H groups in total. The molecule has 0 aromatic carbocycles. The summed E-state index contributed by atoms with van der Waals surface area (Å²) in [7, 11) is 1.50. The molecule has 0 saturated carbocycles. The van der Waals surface area contributed by atoms with Crippen molar-refractivity contribution in [1.82, 2.24) is 5.32 Å². The Labute approximate surface area is 160 Å². The van der Waals surface area contributed by atoms with Crippen molar-refractivity contribution in [3.8, 4) is 0 Å². The number of rotatable bonds is 10. The highest BCUT2D eigenvalue weighted by atomic mass is 16.1. The van der Waals surface area contributed by atoms with Crippen molar-refractivity contribution in [2.75, 3.05) is 13.6 Å². The van der Waals surface area contributed by atoms with Gasteiger partial charge in [-0.25, -0.2) is 0 Å². The Morgan fingerprint density at radius 3 is 1.92 bits per heavy atom. The lowest BCUT2D eigenvalue weighted by Gasteiger charge is -2.36. The third kappa shape index (κ3) is 16.5. The second kappa shape index (κ2) is 23.3. The molecule has 3 nitrogen and oxygen atoms in total. The first-order valence-electron chi connectivity index (χ1n) is 10.4. The van der Waals surface area contributed by atoms with Gasteiger partial charge in [-0.05, 0) is 33.2 Å². The van der Waals surface area contributed by atoms with Crippen LogP contribution in [0.15, 0.2) is 12.2 Å². The van der Waals surface area contributed by atoms with E-state index in [9.17, 15) is 4.79 Å². The standard InChI is InChI=1S/C17H33NO.2C2H6.CH5N/c1-7-10-11-15(9-3)17(6,12-8-2)18-13-16(19)14(4)5;3*1-2/h8,12,14-15,18H,7,9-11,13H2,1-6H3;2*1-2H3;2H2,1H3. The Morgan fingerprint density at radius 1 is 1.12 bits per heavy atom. The highest BCUT2D eigenvalue weighted by molar-refractivity contribution is 5.82. The number of nitrogens with one attached hydrogen (secondary N) is 1. The van der Waals surface area contributed by atoms with Crippen LogP contribution in [0.5, 0.6) is 0 Å². The summed E-state index contributed by atoms with van der Waals surface area (Å²) in [5.74, 6) is 0.989. The van der Waals surface area contributed by atoms with Gasteiger partial charge in [-0.1, -0.05) is 86.8 Å². The van der Waals surface area contributed by atoms with Gasteiger partial charge in [-0.3, -0.25) is 4.79 Å². The van der Waals surface area contributed by atoms with E-state index >= 15 is 0 Å². The largest absolute Gasteiger partial charge is 0.333 e. The SMILES string of the molecule is CC.CC.CC=CC(C)(NCC(=O)C(C)C)C(CC)CCCC.CN. The average Bonchev–Trinajstić information content (AvgIpc) is 2.65. The van der Waals surface area contributed by atoms with Crippen LogP contribution in [-0.4, -0.2) is 24.9 Å². The Morgan fingerprint density at radius 2 is 1.60 bits per heavy atom. The molecule has 0 heterocycles. The summed E-state index contributed by atoms with van der Waals surface area (Å²) in [4.78, 5) is 11.8. The van der Waals surface area contributed by atoms with Crippen molar-refractivity contribution >= 4 is 5.78 Å². The van der Waals surface area contributed by atoms with Crippen LogP contribution in [0.3, 0.4) is 0 Å². The summed E-state index contributed by atoms with van der Waals surface area (Å²) in [5, 5.41) is 3.50. The normalized spacial score (nSPS) is 13.5. The van der Waals surface area contributed by atoms with E-state index in [1.54, 1.807) is 0 Å². The molecular weight excluding hydrogens is 308 g/mol. The number of Topliss-reactive ketones (excluding diaryl/α,β-unsaturated/α-hetero) is 1. The Hall–Kier alpha value is -0.670. The predicted octanol–water partition coefficient (Wildman–Crippen LogP) is 5.98. The van der Waals surface area contributed by atoms with Crippen LogP contribution in [0.25, 0.3) is 0 Å². The van der Waals surface area contributed by atoms with E-state index in [0.717, 1.165) is 6.42 Å². The molecule has 0 fully saturated rings. The lowest BCUT2D eigenvalue weighted by atomic mass is 9.79. The molecule has 2 unspecified atom stereocenters. The molecule has 0 aliphatic heterocycles. The molecule has 2 atom stereocenters. The van der Waals surface area contributed by atoms with E-state index in [0.29, 0.717) is 18.2 Å². The Kier molecular flexibility index (Phi) is 29.9. The number of allylic oxidation sites excluding steroid dienone is 1. The molecule has 25 heavy (non-hydrogen) atoms. The van der Waals surface area contributed by atoms with Gasteiger partial charge in [0.15, 0.2) is 0 Å². The van der Waals surface area contributed by atoms with Gasteiger partial charge in [0.05, 0.1) is 6.54 Å². The van der Waals surface area contributed by atoms with E-state index in [4.69, 9.17) is 0 Å². The fourth-order valence-electron chi connectivity index (χ4n) is 2.55. The van der Waals surface area contributed by atoms with Crippen molar-refractivity contribution < 1.29 is 4.79 Å². The van der Waals surface area contributed by atoms with Gasteiger partial charge in [0, 0.05) is 11.5 Å². The van der Waals surface area contributed by atoms with Gasteiger partial charge < -0.3 is 11.1 Å². The first-order valence-corrected chi connectivity index (χ1v) is 10.4. The molecule has 0 rings (SSSR count). The van der Waals surface area contributed by atoms with Gasteiger partial charge in [0.2, 0.25) is 0 Å². The minimum Gasteiger partial charge on any atom is -0.333 e. The minimum atomic E-state index is -0.0662. The van der Waals surface area contributed by atoms with Crippen LogP contribution in [0, 0.1) is 11.8 Å². The van der Waals surface area contributed by atoms with Crippen LogP contribution in [0.4, 0.5) is 0 Å². The van der Waals surface area contributed by atoms with Gasteiger partial charge in [-0.2, -0.15) is 0 Å². The number of ketones is 1. The van der Waals surface area contributed by atoms with Gasteiger partial charge >= 0.3 is 0 Å². The molecule has 0 bridgehead atoms. The number of hydrogen-bond acceptors (Lipinski definition) is 3. The van der Waals surface area contributed by atoms with Gasteiger partial charge in [-0.15, -0.1) is 0 Å². The zero-order valence-corrected chi connectivity index (χ0v) is 19.3. The van der Waals surface area contributed by atoms with E-state index in [-0.39, 0.29) is 11.5 Å². The van der Waals surface area contributed by atoms with E-state index < -0.39 is 0 Å². The summed E-state index contributed by atoms with van der Waals surface area (Å²) < 4.78 is 0. The number of carbonyl (C=O) groups excluding carboxylic acids is 1. The lowest BCUT2D eigenvalue weighted by Crippen LogP contribution is -2.49. The van der Waals surface area contributed by atoms with E-state index in [1.165, 1.54) is 26.3 Å². The van der Waals surface area contributed by atoms with Crippen molar-refractivity contribution in [2.45, 2.75) is 100 Å². The van der Waals surface area contributed by atoms with Crippen molar-refractivity contribution in [3.63, 3.8) is 0 Å². The molecule has 0 radical (unpaired) electrons. The fourth-order valence-corrected chi connectivity index (χ4v) is 2.55. The summed E-state index contributed by atoms with van der Waals surface area (Å²) in [5.41, 5.74) is 4.43. The summed E-state index contributed by atoms with van der Waals surface area (Å²) in [6, 6.07) is 0. The maximum atomic E-state index is 11.8. The summed E-state index contributed by atoms with van der Waals surface area (Å²) >= 11 is 0. The molecule has 0 aliphatic carbocycles. The van der Waals surface area contributed by atoms with E-state index in [2.05, 4.69) is 50.9 Å². The third-order valence-corrected chi connectivity index (χ3v) is 4.05. The fraction of sp³-hybridized carbons (Fsp3) is 0.864. The third-order valence-electron chi connectivity index (χ3n) is 4.05. The average molecular weight is 359 g/mol. The van der Waals surface area contributed by atoms with E-state index in [1.807, 2.05) is 41.5 Å². The molecule has 154 valence electrons. The first kappa shape index (κ1) is 32.0.